The van der Waals surface area contributed by atoms with E-state index in [2.05, 4.69) is 50.6 Å². The van der Waals surface area contributed by atoms with Gasteiger partial charge in [-0.1, -0.05) is 13.8 Å². The molecule has 0 spiro atoms. The number of nitrogens with zero attached hydrogens (tertiary/aromatic N) is 1. The van der Waals surface area contributed by atoms with E-state index >= 15 is 0 Å². The van der Waals surface area contributed by atoms with E-state index in [1.54, 1.807) is 0 Å². The van der Waals surface area contributed by atoms with Crippen molar-refractivity contribution in [3.63, 3.8) is 0 Å². The Morgan fingerprint density at radius 1 is 1.33 bits per heavy atom. The Labute approximate surface area is 126 Å². The Hall–Kier alpha value is -0.0600. The predicted molar refractivity (Wildman–Crippen MR) is 81.7 cm³/mol. The van der Waals surface area contributed by atoms with Crippen LogP contribution >= 0.6 is 31.9 Å². The zero-order valence-corrected chi connectivity index (χ0v) is 14.0. The van der Waals surface area contributed by atoms with Crippen molar-refractivity contribution in [2.75, 3.05) is 13.1 Å². The zero-order chi connectivity index (χ0) is 13.3. The fourth-order valence-electron chi connectivity index (χ4n) is 2.52. The molecular formula is C14H19Br2NO. The number of likely N-dealkylation sites (tertiary alicyclic amines) is 1. The average molecular weight is 377 g/mol. The Kier molecular flexibility index (Phi) is 4.73. The molecule has 2 nitrogen and oxygen atoms in total. The van der Waals surface area contributed by atoms with Gasteiger partial charge in [0.2, 0.25) is 0 Å². The third-order valence-electron chi connectivity index (χ3n) is 3.73. The molecule has 1 aromatic rings. The van der Waals surface area contributed by atoms with Crippen molar-refractivity contribution in [2.45, 2.75) is 26.8 Å². The van der Waals surface area contributed by atoms with Gasteiger partial charge in [-0.25, -0.2) is 0 Å². The summed E-state index contributed by atoms with van der Waals surface area (Å²) in [5, 5.41) is 9.70. The molecule has 0 amide bonds. The van der Waals surface area contributed by atoms with Crippen molar-refractivity contribution in [1.29, 1.82) is 0 Å². The summed E-state index contributed by atoms with van der Waals surface area (Å²) in [7, 11) is 0. The lowest BCUT2D eigenvalue weighted by Gasteiger charge is -2.18. The summed E-state index contributed by atoms with van der Waals surface area (Å²) in [6.45, 7) is 7.94. The molecule has 18 heavy (non-hydrogen) atoms. The predicted octanol–water partition coefficient (Wildman–Crippen LogP) is 4.40. The Morgan fingerprint density at radius 3 is 2.44 bits per heavy atom. The summed E-state index contributed by atoms with van der Waals surface area (Å²) in [6.07, 6.45) is 1.30. The van der Waals surface area contributed by atoms with Gasteiger partial charge in [-0.2, -0.15) is 0 Å². The highest BCUT2D eigenvalue weighted by atomic mass is 79.9. The van der Waals surface area contributed by atoms with Gasteiger partial charge in [-0.15, -0.1) is 0 Å². The van der Waals surface area contributed by atoms with Crippen molar-refractivity contribution in [1.82, 2.24) is 4.90 Å². The lowest BCUT2D eigenvalue weighted by atomic mass is 9.95. The molecule has 1 fully saturated rings. The zero-order valence-electron chi connectivity index (χ0n) is 10.8. The third kappa shape index (κ3) is 3.28. The molecule has 1 heterocycles. The average Bonchev–Trinajstić information content (AvgIpc) is 2.74. The van der Waals surface area contributed by atoms with Crippen LogP contribution in [0.5, 0.6) is 5.75 Å². The largest absolute Gasteiger partial charge is 0.506 e. The first-order valence-corrected chi connectivity index (χ1v) is 7.95. The van der Waals surface area contributed by atoms with Crippen LogP contribution in [0, 0.1) is 11.8 Å². The highest BCUT2D eigenvalue weighted by molar-refractivity contribution is 9.11. The van der Waals surface area contributed by atoms with Crippen LogP contribution in [-0.2, 0) is 6.54 Å². The van der Waals surface area contributed by atoms with E-state index < -0.39 is 0 Å². The molecule has 1 N–H and O–H groups in total. The lowest BCUT2D eigenvalue weighted by molar-refractivity contribution is 0.296. The van der Waals surface area contributed by atoms with Gasteiger partial charge in [-0.3, -0.25) is 4.90 Å². The van der Waals surface area contributed by atoms with E-state index in [4.69, 9.17) is 0 Å². The Morgan fingerprint density at radius 2 is 1.94 bits per heavy atom. The molecule has 2 rings (SSSR count). The molecule has 0 bridgehead atoms. The van der Waals surface area contributed by atoms with E-state index in [1.165, 1.54) is 25.1 Å². The summed E-state index contributed by atoms with van der Waals surface area (Å²) < 4.78 is 1.51. The molecule has 1 aromatic carbocycles. The number of rotatable bonds is 3. The SMILES string of the molecule is CC(C)C1CCN(Cc2cc(Br)c(O)c(Br)c2)C1. The van der Waals surface area contributed by atoms with E-state index in [1.807, 2.05) is 12.1 Å². The van der Waals surface area contributed by atoms with Crippen molar-refractivity contribution in [3.8, 4) is 5.75 Å². The van der Waals surface area contributed by atoms with Crippen molar-refractivity contribution in [3.05, 3.63) is 26.6 Å². The van der Waals surface area contributed by atoms with Crippen LogP contribution in [0.2, 0.25) is 0 Å². The molecule has 1 aliphatic rings. The first-order valence-electron chi connectivity index (χ1n) is 6.36. The highest BCUT2D eigenvalue weighted by Gasteiger charge is 2.24. The van der Waals surface area contributed by atoms with Gasteiger partial charge in [0, 0.05) is 13.1 Å². The first-order chi connectivity index (χ1) is 8.47. The van der Waals surface area contributed by atoms with Crippen LogP contribution in [0.4, 0.5) is 0 Å². The summed E-state index contributed by atoms with van der Waals surface area (Å²) >= 11 is 6.77. The minimum Gasteiger partial charge on any atom is -0.506 e. The van der Waals surface area contributed by atoms with Crippen molar-refractivity contribution >= 4 is 31.9 Å². The summed E-state index contributed by atoms with van der Waals surface area (Å²) in [5.41, 5.74) is 1.23. The van der Waals surface area contributed by atoms with Gasteiger partial charge in [0.1, 0.15) is 5.75 Å². The molecule has 1 atom stereocenters. The minimum atomic E-state index is 0.278. The number of hydrogen-bond acceptors (Lipinski definition) is 2. The molecule has 4 heteroatoms. The second-order valence-corrected chi connectivity index (χ2v) is 7.14. The van der Waals surface area contributed by atoms with Crippen LogP contribution in [0.15, 0.2) is 21.1 Å². The van der Waals surface area contributed by atoms with Crippen LogP contribution < -0.4 is 0 Å². The maximum atomic E-state index is 9.70. The second-order valence-electron chi connectivity index (χ2n) is 5.44. The molecule has 1 unspecified atom stereocenters. The van der Waals surface area contributed by atoms with Gasteiger partial charge < -0.3 is 5.11 Å². The third-order valence-corrected chi connectivity index (χ3v) is 4.94. The second kappa shape index (κ2) is 5.93. The molecular weight excluding hydrogens is 358 g/mol. The lowest BCUT2D eigenvalue weighted by Crippen LogP contribution is -2.21. The topological polar surface area (TPSA) is 23.5 Å². The fraction of sp³-hybridized carbons (Fsp3) is 0.571. The van der Waals surface area contributed by atoms with Crippen LogP contribution in [0.3, 0.4) is 0 Å². The molecule has 0 radical (unpaired) electrons. The monoisotopic (exact) mass is 375 g/mol. The molecule has 0 aliphatic carbocycles. The number of benzene rings is 1. The first kappa shape index (κ1) is 14.4. The maximum Gasteiger partial charge on any atom is 0.143 e. The van der Waals surface area contributed by atoms with Crippen LogP contribution in [-0.4, -0.2) is 23.1 Å². The van der Waals surface area contributed by atoms with E-state index in [0.717, 1.165) is 27.3 Å². The smallest absolute Gasteiger partial charge is 0.143 e. The van der Waals surface area contributed by atoms with Gasteiger partial charge in [0.25, 0.3) is 0 Å². The van der Waals surface area contributed by atoms with Crippen molar-refractivity contribution in [2.24, 2.45) is 11.8 Å². The number of aromatic hydroxyl groups is 1. The number of phenols is 1. The molecule has 1 aliphatic heterocycles. The summed E-state index contributed by atoms with van der Waals surface area (Å²) in [4.78, 5) is 2.50. The molecule has 1 saturated heterocycles. The number of phenolic OH excluding ortho intramolecular Hbond substituents is 1. The summed E-state index contributed by atoms with van der Waals surface area (Å²) in [5.74, 6) is 1.88. The summed E-state index contributed by atoms with van der Waals surface area (Å²) in [6, 6.07) is 4.01. The number of halogens is 2. The van der Waals surface area contributed by atoms with Gasteiger partial charge in [-0.05, 0) is 74.4 Å². The normalized spacial score (nSPS) is 20.8. The standard InChI is InChI=1S/C14H19Br2NO/c1-9(2)11-3-4-17(8-11)7-10-5-12(15)14(18)13(16)6-10/h5-6,9,11,18H,3-4,7-8H2,1-2H3. The van der Waals surface area contributed by atoms with Gasteiger partial charge in [0.15, 0.2) is 0 Å². The number of hydrogen-bond donors (Lipinski definition) is 1. The van der Waals surface area contributed by atoms with Crippen molar-refractivity contribution < 1.29 is 5.11 Å². The van der Waals surface area contributed by atoms with Crippen LogP contribution in [0.25, 0.3) is 0 Å². The van der Waals surface area contributed by atoms with E-state index in [-0.39, 0.29) is 5.75 Å². The van der Waals surface area contributed by atoms with E-state index in [9.17, 15) is 5.11 Å². The quantitative estimate of drug-likeness (QED) is 0.845. The minimum absolute atomic E-state index is 0.278. The molecule has 0 saturated carbocycles. The maximum absolute atomic E-state index is 9.70. The molecule has 0 aromatic heterocycles. The van der Waals surface area contributed by atoms with Gasteiger partial charge >= 0.3 is 0 Å². The molecule has 100 valence electrons. The van der Waals surface area contributed by atoms with Crippen LogP contribution in [0.1, 0.15) is 25.8 Å². The van der Waals surface area contributed by atoms with Gasteiger partial charge in [0.05, 0.1) is 8.95 Å². The Balaban J connectivity index is 2.03. The Bertz CT molecular complexity index is 411. The highest BCUT2D eigenvalue weighted by Crippen LogP contribution is 2.34. The van der Waals surface area contributed by atoms with E-state index in [0.29, 0.717) is 0 Å². The fourth-order valence-corrected chi connectivity index (χ4v) is 3.80.